The number of rotatable bonds is 4. The number of carbonyl (C=O) groups excluding carboxylic acids is 2. The lowest BCUT2D eigenvalue weighted by Crippen LogP contribution is -2.43. The van der Waals surface area contributed by atoms with E-state index >= 15 is 0 Å². The van der Waals surface area contributed by atoms with E-state index in [0.29, 0.717) is 12.8 Å². The lowest BCUT2D eigenvalue weighted by molar-refractivity contribution is -0.157. The molecule has 2 atom stereocenters. The predicted octanol–water partition coefficient (Wildman–Crippen LogP) is 2.13. The van der Waals surface area contributed by atoms with E-state index in [9.17, 15) is 9.59 Å². The van der Waals surface area contributed by atoms with Crippen molar-refractivity contribution in [1.29, 1.82) is 0 Å². The van der Waals surface area contributed by atoms with Crippen LogP contribution in [0.4, 0.5) is 0 Å². The van der Waals surface area contributed by atoms with E-state index in [1.165, 1.54) is 0 Å². The summed E-state index contributed by atoms with van der Waals surface area (Å²) in [7, 11) is 3.55. The molecule has 122 valence electrons. The fourth-order valence-corrected chi connectivity index (χ4v) is 3.59. The molecule has 0 aromatic carbocycles. The van der Waals surface area contributed by atoms with Gasteiger partial charge >= 0.3 is 5.97 Å². The van der Waals surface area contributed by atoms with E-state index in [2.05, 4.69) is 5.10 Å². The van der Waals surface area contributed by atoms with Gasteiger partial charge in [-0.05, 0) is 17.9 Å². The molecule has 1 aliphatic rings. The third-order valence-corrected chi connectivity index (χ3v) is 5.02. The summed E-state index contributed by atoms with van der Waals surface area (Å²) in [4.78, 5) is 27.2. The van der Waals surface area contributed by atoms with Gasteiger partial charge in [-0.3, -0.25) is 14.3 Å². The zero-order valence-corrected chi connectivity index (χ0v) is 14.0. The Labute approximate surface area is 138 Å². The average molecular weight is 333 g/mol. The van der Waals surface area contributed by atoms with Crippen molar-refractivity contribution >= 4 is 23.2 Å². The van der Waals surface area contributed by atoms with Gasteiger partial charge in [0.2, 0.25) is 5.91 Å². The van der Waals surface area contributed by atoms with E-state index in [4.69, 9.17) is 4.74 Å². The Morgan fingerprint density at radius 3 is 2.96 bits per heavy atom. The van der Waals surface area contributed by atoms with Crippen molar-refractivity contribution in [1.82, 2.24) is 14.7 Å². The number of amides is 1. The number of piperidine rings is 1. The van der Waals surface area contributed by atoms with Crippen molar-refractivity contribution in [3.8, 4) is 0 Å². The Morgan fingerprint density at radius 2 is 2.30 bits per heavy atom. The number of hydrogen-bond acceptors (Lipinski definition) is 5. The molecule has 1 fully saturated rings. The number of nitrogens with zero attached hydrogens (tertiary/aromatic N) is 3. The smallest absolute Gasteiger partial charge is 0.311 e. The maximum Gasteiger partial charge on any atom is 0.311 e. The van der Waals surface area contributed by atoms with E-state index in [1.807, 2.05) is 30.8 Å². The Kier molecular flexibility index (Phi) is 4.47. The Morgan fingerprint density at radius 1 is 1.48 bits per heavy atom. The number of aryl methyl sites for hydroxylation is 1. The number of hydrogen-bond donors (Lipinski definition) is 0. The highest BCUT2D eigenvalue weighted by molar-refractivity contribution is 7.09. The number of carbonyl (C=O) groups is 2. The van der Waals surface area contributed by atoms with E-state index in [1.54, 1.807) is 34.2 Å². The fraction of sp³-hybridized carbons (Fsp3) is 0.438. The van der Waals surface area contributed by atoms with Crippen LogP contribution in [0.2, 0.25) is 0 Å². The number of aromatic nitrogens is 2. The summed E-state index contributed by atoms with van der Waals surface area (Å²) in [6.07, 6.45) is 4.43. The minimum Gasteiger partial charge on any atom is -0.460 e. The van der Waals surface area contributed by atoms with Gasteiger partial charge in [-0.15, -0.1) is 11.3 Å². The Hall–Kier alpha value is -2.15. The van der Waals surface area contributed by atoms with Crippen LogP contribution in [-0.4, -0.2) is 33.6 Å². The first-order chi connectivity index (χ1) is 11.1. The molecule has 2 aromatic rings. The highest BCUT2D eigenvalue weighted by atomic mass is 32.1. The van der Waals surface area contributed by atoms with Gasteiger partial charge in [0.15, 0.2) is 0 Å². The normalized spacial score (nSPS) is 21.5. The molecule has 0 aliphatic carbocycles. The second kappa shape index (κ2) is 6.54. The van der Waals surface area contributed by atoms with Gasteiger partial charge in [0.05, 0.1) is 18.2 Å². The van der Waals surface area contributed by atoms with E-state index in [-0.39, 0.29) is 30.4 Å². The average Bonchev–Trinajstić information content (AvgIpc) is 3.19. The van der Waals surface area contributed by atoms with Crippen molar-refractivity contribution in [2.45, 2.75) is 25.5 Å². The molecule has 0 unspecified atom stereocenters. The largest absolute Gasteiger partial charge is 0.460 e. The summed E-state index contributed by atoms with van der Waals surface area (Å²) >= 11 is 1.56. The lowest BCUT2D eigenvalue weighted by Gasteiger charge is -2.37. The van der Waals surface area contributed by atoms with Crippen LogP contribution in [0.1, 0.15) is 29.3 Å². The first-order valence-electron chi connectivity index (χ1n) is 7.49. The first-order valence-corrected chi connectivity index (χ1v) is 8.37. The maximum atomic E-state index is 12.6. The third-order valence-electron chi connectivity index (χ3n) is 4.17. The highest BCUT2D eigenvalue weighted by Gasteiger charge is 2.40. The second-order valence-electron chi connectivity index (χ2n) is 5.73. The molecule has 1 amide bonds. The summed E-state index contributed by atoms with van der Waals surface area (Å²) in [6, 6.07) is 3.55. The van der Waals surface area contributed by atoms with Crippen molar-refractivity contribution in [3.05, 3.63) is 40.3 Å². The molecule has 0 radical (unpaired) electrons. The molecule has 2 aromatic heterocycles. The van der Waals surface area contributed by atoms with Crippen LogP contribution in [0, 0.1) is 5.92 Å². The number of thiophene rings is 1. The first kappa shape index (κ1) is 15.7. The third kappa shape index (κ3) is 3.29. The van der Waals surface area contributed by atoms with Gasteiger partial charge in [-0.1, -0.05) is 6.07 Å². The summed E-state index contributed by atoms with van der Waals surface area (Å²) in [5, 5.41) is 6.11. The van der Waals surface area contributed by atoms with Crippen LogP contribution in [-0.2, 0) is 28.0 Å². The van der Waals surface area contributed by atoms with Gasteiger partial charge in [-0.25, -0.2) is 0 Å². The quantitative estimate of drug-likeness (QED) is 0.804. The second-order valence-corrected chi connectivity index (χ2v) is 6.76. The minimum absolute atomic E-state index is 0.0427. The highest BCUT2D eigenvalue weighted by Crippen LogP contribution is 2.36. The van der Waals surface area contributed by atoms with Crippen LogP contribution in [0.15, 0.2) is 29.9 Å². The van der Waals surface area contributed by atoms with Crippen LogP contribution in [0.5, 0.6) is 0 Å². The Bertz CT molecular complexity index is 695. The Balaban J connectivity index is 1.77. The van der Waals surface area contributed by atoms with Crippen molar-refractivity contribution in [2.75, 3.05) is 7.05 Å². The maximum absolute atomic E-state index is 12.6. The van der Waals surface area contributed by atoms with Crippen LogP contribution in [0.25, 0.3) is 0 Å². The number of ether oxygens (including phenoxy) is 1. The molecule has 23 heavy (non-hydrogen) atoms. The fourth-order valence-electron chi connectivity index (χ4n) is 2.98. The molecule has 0 spiro atoms. The molecule has 1 saturated heterocycles. The van der Waals surface area contributed by atoms with Crippen LogP contribution in [0.3, 0.4) is 0 Å². The summed E-state index contributed by atoms with van der Waals surface area (Å²) in [5.74, 6) is -0.574. The van der Waals surface area contributed by atoms with Gasteiger partial charge in [0, 0.05) is 37.2 Å². The summed E-state index contributed by atoms with van der Waals surface area (Å²) in [5.41, 5.74) is 0.862. The molecule has 1 aliphatic heterocycles. The molecule has 0 saturated carbocycles. The molecule has 0 N–H and O–H groups in total. The molecular formula is C16H19N3O3S. The molecule has 0 bridgehead atoms. The standard InChI is InChI=1S/C16H19N3O3S/c1-18-9-11(8-17-18)15-13(5-6-14(20)19(15)2)16(21)22-10-12-4-3-7-23-12/h3-4,7-9,13,15H,5-6,10H2,1-2H3/t13-,15-/m0/s1. The van der Waals surface area contributed by atoms with Crippen molar-refractivity contribution < 1.29 is 14.3 Å². The predicted molar refractivity (Wildman–Crippen MR) is 85.6 cm³/mol. The van der Waals surface area contributed by atoms with Crippen LogP contribution >= 0.6 is 11.3 Å². The summed E-state index contributed by atoms with van der Waals surface area (Å²) < 4.78 is 7.15. The number of esters is 1. The lowest BCUT2D eigenvalue weighted by atomic mass is 9.86. The van der Waals surface area contributed by atoms with Crippen molar-refractivity contribution in [3.63, 3.8) is 0 Å². The molecule has 6 nitrogen and oxygen atoms in total. The zero-order valence-electron chi connectivity index (χ0n) is 13.1. The van der Waals surface area contributed by atoms with E-state index in [0.717, 1.165) is 10.4 Å². The van der Waals surface area contributed by atoms with Gasteiger partial charge < -0.3 is 9.64 Å². The molecular weight excluding hydrogens is 314 g/mol. The zero-order chi connectivity index (χ0) is 16.4. The van der Waals surface area contributed by atoms with Gasteiger partial charge in [0.25, 0.3) is 0 Å². The molecule has 3 rings (SSSR count). The van der Waals surface area contributed by atoms with E-state index < -0.39 is 0 Å². The van der Waals surface area contributed by atoms with Crippen molar-refractivity contribution in [2.24, 2.45) is 13.0 Å². The van der Waals surface area contributed by atoms with Crippen LogP contribution < -0.4 is 0 Å². The monoisotopic (exact) mass is 333 g/mol. The minimum atomic E-state index is -0.359. The molecule has 3 heterocycles. The SMILES string of the molecule is CN1C(=O)CC[C@H](C(=O)OCc2cccs2)[C@@H]1c1cnn(C)c1. The summed E-state index contributed by atoms with van der Waals surface area (Å²) in [6.45, 7) is 0.282. The topological polar surface area (TPSA) is 64.4 Å². The molecule has 7 heteroatoms. The van der Waals surface area contributed by atoms with Gasteiger partial charge in [0.1, 0.15) is 6.61 Å². The van der Waals surface area contributed by atoms with Gasteiger partial charge in [-0.2, -0.15) is 5.10 Å². The number of likely N-dealkylation sites (tertiary alicyclic amines) is 1.